The minimum absolute atomic E-state index is 0.159. The molecule has 0 saturated carbocycles. The highest BCUT2D eigenvalue weighted by Gasteiger charge is 2.41. The summed E-state index contributed by atoms with van der Waals surface area (Å²) >= 11 is 3.71. The molecule has 1 aromatic heterocycles. The maximum absolute atomic E-state index is 5.31. The average molecular weight is 588 g/mol. The van der Waals surface area contributed by atoms with E-state index in [1.54, 1.807) is 0 Å². The van der Waals surface area contributed by atoms with Crippen molar-refractivity contribution in [3.05, 3.63) is 130 Å². The van der Waals surface area contributed by atoms with Crippen LogP contribution < -0.4 is 10.2 Å². The first-order chi connectivity index (χ1) is 19.6. The van der Waals surface area contributed by atoms with Crippen molar-refractivity contribution < 1.29 is 0 Å². The van der Waals surface area contributed by atoms with Gasteiger partial charge in [-0.25, -0.2) is 14.7 Å². The SMILES string of the molecule is CCc1ccc(NC2=Nc3ccccc3N3C2=Nc2c(c(C)nn2-c2ccccc2)C3c2cccc(Br)c2)cc1. The minimum Gasteiger partial charge on any atom is -0.337 e. The van der Waals surface area contributed by atoms with Gasteiger partial charge in [0.1, 0.15) is 0 Å². The van der Waals surface area contributed by atoms with Gasteiger partial charge in [0.15, 0.2) is 17.5 Å². The number of hydrogen-bond donors (Lipinski definition) is 1. The van der Waals surface area contributed by atoms with Crippen molar-refractivity contribution in [2.45, 2.75) is 26.3 Å². The molecule has 40 heavy (non-hydrogen) atoms. The van der Waals surface area contributed by atoms with Gasteiger partial charge in [0.25, 0.3) is 0 Å². The summed E-state index contributed by atoms with van der Waals surface area (Å²) in [6.07, 6.45) is 0.995. The first-order valence-electron chi connectivity index (χ1n) is 13.4. The summed E-state index contributed by atoms with van der Waals surface area (Å²) in [7, 11) is 0. The van der Waals surface area contributed by atoms with Crippen molar-refractivity contribution >= 4 is 50.5 Å². The summed E-state index contributed by atoms with van der Waals surface area (Å²) in [6, 6.07) is 35.3. The van der Waals surface area contributed by atoms with E-state index in [1.165, 1.54) is 5.56 Å². The third kappa shape index (κ3) is 4.14. The summed E-state index contributed by atoms with van der Waals surface area (Å²) in [6.45, 7) is 4.24. The van der Waals surface area contributed by atoms with Crippen LogP contribution in [0.15, 0.2) is 118 Å². The minimum atomic E-state index is -0.159. The number of aromatic nitrogens is 2. The Morgan fingerprint density at radius 1 is 0.850 bits per heavy atom. The number of benzene rings is 4. The molecule has 1 unspecified atom stereocenters. The van der Waals surface area contributed by atoms with Crippen LogP contribution in [0.4, 0.5) is 22.9 Å². The lowest BCUT2D eigenvalue weighted by atomic mass is 9.93. The second-order valence-corrected chi connectivity index (χ2v) is 10.9. The van der Waals surface area contributed by atoms with Gasteiger partial charge in [-0.1, -0.05) is 77.5 Å². The van der Waals surface area contributed by atoms with Crippen LogP contribution in [0.3, 0.4) is 0 Å². The van der Waals surface area contributed by atoms with Gasteiger partial charge in [0, 0.05) is 15.7 Å². The predicted molar refractivity (Wildman–Crippen MR) is 167 cm³/mol. The van der Waals surface area contributed by atoms with Gasteiger partial charge in [0.05, 0.1) is 28.8 Å². The van der Waals surface area contributed by atoms with Gasteiger partial charge >= 0.3 is 0 Å². The second kappa shape index (κ2) is 9.92. The molecule has 0 spiro atoms. The number of hydrogen-bond acceptors (Lipinski definition) is 5. The number of amidine groups is 2. The molecule has 0 radical (unpaired) electrons. The third-order valence-corrected chi connectivity index (χ3v) is 7.92. The molecule has 6 nitrogen and oxygen atoms in total. The number of nitrogens with one attached hydrogen (secondary N) is 1. The summed E-state index contributed by atoms with van der Waals surface area (Å²) in [5.41, 5.74) is 8.29. The van der Waals surface area contributed by atoms with E-state index >= 15 is 0 Å². The monoisotopic (exact) mass is 586 g/mol. The smallest absolute Gasteiger partial charge is 0.179 e. The van der Waals surface area contributed by atoms with Crippen molar-refractivity contribution in [2.75, 3.05) is 10.2 Å². The van der Waals surface area contributed by atoms with Crippen molar-refractivity contribution in [3.63, 3.8) is 0 Å². The van der Waals surface area contributed by atoms with Gasteiger partial charge in [-0.2, -0.15) is 5.10 Å². The summed E-state index contributed by atoms with van der Waals surface area (Å²) < 4.78 is 2.98. The molecule has 0 aliphatic carbocycles. The molecular weight excluding hydrogens is 560 g/mol. The van der Waals surface area contributed by atoms with E-state index < -0.39 is 0 Å². The van der Waals surface area contributed by atoms with E-state index in [-0.39, 0.29) is 6.04 Å². The predicted octanol–water partition coefficient (Wildman–Crippen LogP) is 8.30. The largest absolute Gasteiger partial charge is 0.337 e. The Morgan fingerprint density at radius 3 is 2.40 bits per heavy atom. The number of aryl methyl sites for hydroxylation is 2. The zero-order chi connectivity index (χ0) is 27.2. The van der Waals surface area contributed by atoms with Gasteiger partial charge in [-0.05, 0) is 73.0 Å². The van der Waals surface area contributed by atoms with E-state index in [4.69, 9.17) is 15.1 Å². The number of rotatable bonds is 4. The van der Waals surface area contributed by atoms with Gasteiger partial charge < -0.3 is 10.2 Å². The van der Waals surface area contributed by atoms with Crippen LogP contribution in [-0.2, 0) is 6.42 Å². The highest BCUT2D eigenvalue weighted by atomic mass is 79.9. The Balaban J connectivity index is 1.48. The lowest BCUT2D eigenvalue weighted by Crippen LogP contribution is -2.46. The van der Waals surface area contributed by atoms with E-state index in [0.717, 1.165) is 62.1 Å². The molecule has 196 valence electrons. The maximum Gasteiger partial charge on any atom is 0.179 e. The first kappa shape index (κ1) is 24.5. The van der Waals surface area contributed by atoms with Crippen LogP contribution in [-0.4, -0.2) is 21.5 Å². The lowest BCUT2D eigenvalue weighted by Gasteiger charge is -2.40. The second-order valence-electron chi connectivity index (χ2n) is 9.96. The molecule has 0 fully saturated rings. The molecule has 0 saturated heterocycles. The Labute approximate surface area is 241 Å². The number of fused-ring (bicyclic) bond motifs is 4. The quantitative estimate of drug-likeness (QED) is 0.230. The molecular formula is C33H27BrN6. The molecule has 2 aliphatic heterocycles. The Bertz CT molecular complexity index is 1790. The Morgan fingerprint density at radius 2 is 1.62 bits per heavy atom. The average Bonchev–Trinajstić information content (AvgIpc) is 3.33. The van der Waals surface area contributed by atoms with Crippen LogP contribution in [0.2, 0.25) is 0 Å². The number of halogens is 1. The van der Waals surface area contributed by atoms with Gasteiger partial charge in [-0.3, -0.25) is 0 Å². The zero-order valence-corrected chi connectivity index (χ0v) is 23.8. The fourth-order valence-electron chi connectivity index (χ4n) is 5.50. The van der Waals surface area contributed by atoms with Crippen molar-refractivity contribution in [1.82, 2.24) is 9.78 Å². The van der Waals surface area contributed by atoms with E-state index in [2.05, 4.69) is 119 Å². The van der Waals surface area contributed by atoms with E-state index in [1.807, 2.05) is 28.9 Å². The summed E-state index contributed by atoms with van der Waals surface area (Å²) in [4.78, 5) is 12.7. The molecule has 1 atom stereocenters. The molecule has 5 aromatic rings. The third-order valence-electron chi connectivity index (χ3n) is 7.43. The fourth-order valence-corrected chi connectivity index (χ4v) is 5.92. The normalized spacial score (nSPS) is 15.5. The van der Waals surface area contributed by atoms with Crippen LogP contribution in [0, 0.1) is 6.92 Å². The molecule has 7 rings (SSSR count). The molecule has 4 aromatic carbocycles. The van der Waals surface area contributed by atoms with E-state index in [9.17, 15) is 0 Å². The Hall–Kier alpha value is -4.49. The van der Waals surface area contributed by atoms with Crippen LogP contribution in [0.1, 0.15) is 35.3 Å². The topological polar surface area (TPSA) is 57.8 Å². The van der Waals surface area contributed by atoms with Crippen LogP contribution in [0.25, 0.3) is 5.69 Å². The van der Waals surface area contributed by atoms with Crippen molar-refractivity contribution in [2.24, 2.45) is 9.98 Å². The molecule has 3 heterocycles. The van der Waals surface area contributed by atoms with Crippen molar-refractivity contribution in [1.29, 1.82) is 0 Å². The maximum atomic E-state index is 5.31. The molecule has 0 bridgehead atoms. The standard InChI is InChI=1S/C33H27BrN6/c1-3-22-16-18-25(19-17-22)35-31-33-37-32-29(21(2)38-40(32)26-12-5-4-6-13-26)30(23-10-9-11-24(34)20-23)39(33)28-15-8-7-14-27(28)36-31/h4-20,30H,3H2,1-2H3,(H,35,36). The molecule has 0 amide bonds. The number of para-hydroxylation sites is 3. The zero-order valence-electron chi connectivity index (χ0n) is 22.2. The molecule has 1 N–H and O–H groups in total. The van der Waals surface area contributed by atoms with Crippen LogP contribution >= 0.6 is 15.9 Å². The summed E-state index contributed by atoms with van der Waals surface area (Å²) in [5, 5.41) is 8.60. The fraction of sp³-hybridized carbons (Fsp3) is 0.121. The highest BCUT2D eigenvalue weighted by molar-refractivity contribution is 9.10. The number of nitrogens with zero attached hydrogens (tertiary/aromatic N) is 5. The highest BCUT2D eigenvalue weighted by Crippen LogP contribution is 2.48. The lowest BCUT2D eigenvalue weighted by molar-refractivity contribution is 0.815. The summed E-state index contributed by atoms with van der Waals surface area (Å²) in [5.74, 6) is 2.27. The number of aliphatic imine (C=N–C) groups is 2. The van der Waals surface area contributed by atoms with E-state index in [0.29, 0.717) is 5.84 Å². The number of anilines is 2. The van der Waals surface area contributed by atoms with Gasteiger partial charge in [0.2, 0.25) is 0 Å². The molecule has 2 aliphatic rings. The van der Waals surface area contributed by atoms with Crippen LogP contribution in [0.5, 0.6) is 0 Å². The molecule has 7 heteroatoms. The van der Waals surface area contributed by atoms with Crippen molar-refractivity contribution in [3.8, 4) is 5.69 Å². The Kier molecular flexibility index (Phi) is 6.09. The first-order valence-corrected chi connectivity index (χ1v) is 14.2. The van der Waals surface area contributed by atoms with Gasteiger partial charge in [-0.15, -0.1) is 0 Å².